The van der Waals surface area contributed by atoms with Gasteiger partial charge in [0.05, 0.1) is 10.0 Å². The highest BCUT2D eigenvalue weighted by Gasteiger charge is 2.22. The average Bonchev–Trinajstić information content (AvgIpc) is 2.05. The molecule has 0 unspecified atom stereocenters. The summed E-state index contributed by atoms with van der Waals surface area (Å²) >= 11 is 11.2. The summed E-state index contributed by atoms with van der Waals surface area (Å²) in [4.78, 5) is -0.932. The van der Waals surface area contributed by atoms with E-state index in [-0.39, 0.29) is 0 Å². The van der Waals surface area contributed by atoms with Crippen LogP contribution >= 0.6 is 23.2 Å². The van der Waals surface area contributed by atoms with Gasteiger partial charge in [0.1, 0.15) is 9.79 Å². The third-order valence-electron chi connectivity index (χ3n) is 1.62. The van der Waals surface area contributed by atoms with Crippen LogP contribution in [0, 0.1) is 0 Å². The molecule has 0 saturated heterocycles. The van der Waals surface area contributed by atoms with E-state index in [0.717, 1.165) is 12.1 Å². The van der Waals surface area contributed by atoms with Crippen LogP contribution in [0.4, 0.5) is 0 Å². The Balaban J connectivity index is 3.67. The molecule has 0 aromatic heterocycles. The first kappa shape index (κ1) is 13.7. The summed E-state index contributed by atoms with van der Waals surface area (Å²) in [5.74, 6) is 0. The molecule has 0 heterocycles. The Morgan fingerprint density at radius 1 is 0.812 bits per heavy atom. The van der Waals surface area contributed by atoms with Crippen LogP contribution in [0.2, 0.25) is 10.0 Å². The molecule has 0 aliphatic heterocycles. The minimum absolute atomic E-state index is 0.466. The van der Waals surface area contributed by atoms with Crippen molar-refractivity contribution < 1.29 is 16.8 Å². The maximum atomic E-state index is 11.0. The molecule has 0 aliphatic rings. The molecule has 10 heteroatoms. The second-order valence-corrected chi connectivity index (χ2v) is 6.60. The van der Waals surface area contributed by atoms with Gasteiger partial charge in [-0.15, -0.1) is 0 Å². The van der Waals surface area contributed by atoms with Crippen LogP contribution in [0.1, 0.15) is 0 Å². The zero-order valence-electron chi connectivity index (χ0n) is 7.51. The Hall–Kier alpha value is -0.380. The number of sulfonamides is 2. The van der Waals surface area contributed by atoms with Crippen LogP contribution < -0.4 is 10.3 Å². The van der Waals surface area contributed by atoms with Crippen molar-refractivity contribution in [3.63, 3.8) is 0 Å². The smallest absolute Gasteiger partial charge is 0.225 e. The molecule has 0 aliphatic carbocycles. The predicted molar refractivity (Wildman–Crippen MR) is 59.2 cm³/mol. The SMILES string of the molecule is NS(=O)(=O)c1ccc(S(N)(=O)=O)c(Cl)c1Cl. The summed E-state index contributed by atoms with van der Waals surface area (Å²) in [7, 11) is -8.14. The van der Waals surface area contributed by atoms with Crippen molar-refractivity contribution in [3.8, 4) is 0 Å². The molecule has 0 spiro atoms. The number of nitrogens with two attached hydrogens (primary N) is 2. The quantitative estimate of drug-likeness (QED) is 0.815. The summed E-state index contributed by atoms with van der Waals surface area (Å²) in [6.45, 7) is 0. The lowest BCUT2D eigenvalue weighted by Crippen LogP contribution is -2.16. The van der Waals surface area contributed by atoms with Crippen molar-refractivity contribution in [2.75, 3.05) is 0 Å². The standard InChI is InChI=1S/C6H6Cl2N2O4S2/c7-5-3(15(9,11)12)1-2-4(6(5)8)16(10,13)14/h1-2H,(H2,9,11,12)(H2,10,13,14). The Kier molecular flexibility index (Phi) is 3.53. The molecule has 4 N–H and O–H groups in total. The highest BCUT2D eigenvalue weighted by Crippen LogP contribution is 2.33. The molecule has 0 atom stereocenters. The van der Waals surface area contributed by atoms with Gasteiger partial charge in [0.2, 0.25) is 20.0 Å². The van der Waals surface area contributed by atoms with E-state index in [1.807, 2.05) is 0 Å². The molecule has 6 nitrogen and oxygen atoms in total. The van der Waals surface area contributed by atoms with Crippen LogP contribution in [0.5, 0.6) is 0 Å². The fourth-order valence-corrected chi connectivity index (χ4v) is 3.26. The van der Waals surface area contributed by atoms with E-state index in [1.165, 1.54) is 0 Å². The summed E-state index contributed by atoms with van der Waals surface area (Å²) in [6, 6.07) is 1.84. The van der Waals surface area contributed by atoms with E-state index in [9.17, 15) is 16.8 Å². The fraction of sp³-hybridized carbons (Fsp3) is 0. The van der Waals surface area contributed by atoms with E-state index < -0.39 is 39.9 Å². The average molecular weight is 305 g/mol. The summed E-state index contributed by atoms with van der Waals surface area (Å²) in [5, 5.41) is 8.72. The molecular formula is C6H6Cl2N2O4S2. The van der Waals surface area contributed by atoms with Gasteiger partial charge in [0.15, 0.2) is 0 Å². The van der Waals surface area contributed by atoms with E-state index in [0.29, 0.717) is 0 Å². The molecule has 1 aromatic rings. The third-order valence-corrected chi connectivity index (χ3v) is 4.64. The molecule has 90 valence electrons. The Morgan fingerprint density at radius 3 is 1.25 bits per heavy atom. The molecule has 0 amide bonds. The lowest BCUT2D eigenvalue weighted by molar-refractivity contribution is 0.594. The second-order valence-electron chi connectivity index (χ2n) is 2.78. The van der Waals surface area contributed by atoms with Crippen LogP contribution in [-0.4, -0.2) is 16.8 Å². The number of benzene rings is 1. The van der Waals surface area contributed by atoms with Crippen LogP contribution in [0.3, 0.4) is 0 Å². The molecule has 0 bridgehead atoms. The van der Waals surface area contributed by atoms with Gasteiger partial charge < -0.3 is 0 Å². The number of rotatable bonds is 2. The molecule has 16 heavy (non-hydrogen) atoms. The van der Waals surface area contributed by atoms with Crippen LogP contribution in [0.25, 0.3) is 0 Å². The molecule has 1 rings (SSSR count). The van der Waals surface area contributed by atoms with Gasteiger partial charge in [-0.2, -0.15) is 0 Å². The first-order chi connectivity index (χ1) is 7.05. The van der Waals surface area contributed by atoms with Gasteiger partial charge in [-0.25, -0.2) is 27.1 Å². The number of hydrogen-bond acceptors (Lipinski definition) is 4. The van der Waals surface area contributed by atoms with Gasteiger partial charge >= 0.3 is 0 Å². The zero-order valence-corrected chi connectivity index (χ0v) is 10.7. The number of hydrogen-bond donors (Lipinski definition) is 2. The summed E-state index contributed by atoms with van der Waals surface area (Å²) in [5.41, 5.74) is 0. The van der Waals surface area contributed by atoms with Gasteiger partial charge in [0.25, 0.3) is 0 Å². The van der Waals surface area contributed by atoms with Crippen LogP contribution in [-0.2, 0) is 20.0 Å². The Bertz CT molecular complexity index is 582. The van der Waals surface area contributed by atoms with Crippen molar-refractivity contribution >= 4 is 43.2 Å². The first-order valence-electron chi connectivity index (χ1n) is 3.58. The van der Waals surface area contributed by atoms with E-state index in [2.05, 4.69) is 0 Å². The van der Waals surface area contributed by atoms with E-state index in [1.54, 1.807) is 0 Å². The van der Waals surface area contributed by atoms with Gasteiger partial charge in [-0.05, 0) is 12.1 Å². The summed E-state index contributed by atoms with van der Waals surface area (Å²) < 4.78 is 44.1. The topological polar surface area (TPSA) is 120 Å². The Morgan fingerprint density at radius 2 is 1.06 bits per heavy atom. The minimum Gasteiger partial charge on any atom is -0.225 e. The predicted octanol–water partition coefficient (Wildman–Crippen LogP) is 0.288. The summed E-state index contributed by atoms with van der Waals surface area (Å²) in [6.07, 6.45) is 0. The minimum atomic E-state index is -4.07. The highest BCUT2D eigenvalue weighted by atomic mass is 35.5. The lowest BCUT2D eigenvalue weighted by atomic mass is 10.3. The van der Waals surface area contributed by atoms with Crippen molar-refractivity contribution in [2.45, 2.75) is 9.79 Å². The molecule has 0 fully saturated rings. The molecule has 1 aromatic carbocycles. The number of halogens is 2. The largest absolute Gasteiger partial charge is 0.239 e. The molecule has 0 radical (unpaired) electrons. The van der Waals surface area contributed by atoms with Crippen LogP contribution in [0.15, 0.2) is 21.9 Å². The van der Waals surface area contributed by atoms with Crippen molar-refractivity contribution in [3.05, 3.63) is 22.2 Å². The van der Waals surface area contributed by atoms with Crippen molar-refractivity contribution in [1.29, 1.82) is 0 Å². The van der Waals surface area contributed by atoms with Crippen molar-refractivity contribution in [1.82, 2.24) is 0 Å². The van der Waals surface area contributed by atoms with Gasteiger partial charge in [-0.1, -0.05) is 23.2 Å². The monoisotopic (exact) mass is 304 g/mol. The lowest BCUT2D eigenvalue weighted by Gasteiger charge is -2.07. The third kappa shape index (κ3) is 2.65. The maximum absolute atomic E-state index is 11.0. The number of primary sulfonamides is 2. The van der Waals surface area contributed by atoms with Crippen molar-refractivity contribution in [2.24, 2.45) is 10.3 Å². The maximum Gasteiger partial charge on any atom is 0.239 e. The molecule has 0 saturated carbocycles. The molecular weight excluding hydrogens is 299 g/mol. The van der Waals surface area contributed by atoms with Gasteiger partial charge in [-0.3, -0.25) is 0 Å². The Labute approximate surface area is 102 Å². The van der Waals surface area contributed by atoms with E-state index in [4.69, 9.17) is 33.5 Å². The second kappa shape index (κ2) is 4.13. The van der Waals surface area contributed by atoms with Gasteiger partial charge in [0, 0.05) is 0 Å². The first-order valence-corrected chi connectivity index (χ1v) is 7.43. The normalized spacial score (nSPS) is 12.8. The fourth-order valence-electron chi connectivity index (χ4n) is 0.954. The zero-order chi connectivity index (χ0) is 12.7. The highest BCUT2D eigenvalue weighted by molar-refractivity contribution is 7.89. The van der Waals surface area contributed by atoms with E-state index >= 15 is 0 Å².